The summed E-state index contributed by atoms with van der Waals surface area (Å²) in [5.41, 5.74) is 2.53. The lowest BCUT2D eigenvalue weighted by molar-refractivity contribution is 0.0940. The minimum Gasteiger partial charge on any atom is -0.351 e. The molecule has 2 heterocycles. The maximum atomic E-state index is 12.4. The largest absolute Gasteiger partial charge is 0.351 e. The van der Waals surface area contributed by atoms with Crippen LogP contribution in [0.25, 0.3) is 0 Å². The summed E-state index contributed by atoms with van der Waals surface area (Å²) in [5, 5.41) is 9.93. The second kappa shape index (κ2) is 8.70. The third-order valence-corrected chi connectivity index (χ3v) is 5.06. The number of amides is 3. The number of anilines is 1. The number of aryl methyl sites for hydroxylation is 2. The van der Waals surface area contributed by atoms with Crippen molar-refractivity contribution in [1.29, 1.82) is 0 Å². The molecule has 0 unspecified atom stereocenters. The molecule has 1 aliphatic rings. The number of urea groups is 1. The summed E-state index contributed by atoms with van der Waals surface area (Å²) in [5.74, 6) is 0.435. The zero-order valence-electron chi connectivity index (χ0n) is 15.9. The van der Waals surface area contributed by atoms with Gasteiger partial charge in [-0.15, -0.1) is 0 Å². The molecule has 144 valence electrons. The van der Waals surface area contributed by atoms with Gasteiger partial charge in [0.2, 0.25) is 0 Å². The molecule has 7 nitrogen and oxygen atoms in total. The van der Waals surface area contributed by atoms with E-state index in [1.54, 1.807) is 24.0 Å². The second-order valence-corrected chi connectivity index (χ2v) is 7.11. The predicted octanol–water partition coefficient (Wildman–Crippen LogP) is 2.79. The van der Waals surface area contributed by atoms with Crippen molar-refractivity contribution in [2.24, 2.45) is 13.0 Å². The van der Waals surface area contributed by atoms with Gasteiger partial charge in [0.25, 0.3) is 5.91 Å². The topological polar surface area (TPSA) is 79.3 Å². The molecule has 7 heteroatoms. The second-order valence-electron chi connectivity index (χ2n) is 7.11. The molecule has 0 radical (unpaired) electrons. The van der Waals surface area contributed by atoms with Gasteiger partial charge in [-0.3, -0.25) is 9.48 Å². The molecule has 2 N–H and O–H groups in total. The zero-order chi connectivity index (χ0) is 19.2. The van der Waals surface area contributed by atoms with Crippen molar-refractivity contribution >= 4 is 17.6 Å². The number of nitrogens with zero attached hydrogens (tertiary/aromatic N) is 3. The summed E-state index contributed by atoms with van der Waals surface area (Å²) < 4.78 is 1.57. The third-order valence-electron chi connectivity index (χ3n) is 5.06. The number of benzene rings is 1. The summed E-state index contributed by atoms with van der Waals surface area (Å²) in [4.78, 5) is 26.3. The Labute approximate surface area is 159 Å². The van der Waals surface area contributed by atoms with E-state index in [2.05, 4.69) is 15.7 Å². The first kappa shape index (κ1) is 18.9. The smallest absolute Gasteiger partial charge is 0.321 e. The highest BCUT2D eigenvalue weighted by Crippen LogP contribution is 2.21. The van der Waals surface area contributed by atoms with Gasteiger partial charge in [0.05, 0.1) is 0 Å². The van der Waals surface area contributed by atoms with E-state index in [9.17, 15) is 9.59 Å². The van der Waals surface area contributed by atoms with Gasteiger partial charge >= 0.3 is 6.03 Å². The van der Waals surface area contributed by atoms with Gasteiger partial charge in [-0.1, -0.05) is 12.1 Å². The summed E-state index contributed by atoms with van der Waals surface area (Å²) in [6, 6.07) is 9.49. The molecular formula is C20H27N5O2. The Hall–Kier alpha value is -2.83. The molecule has 1 aromatic heterocycles. The number of piperidine rings is 1. The Morgan fingerprint density at radius 1 is 1.22 bits per heavy atom. The molecule has 0 saturated carbocycles. The molecule has 1 saturated heterocycles. The number of nitrogens with one attached hydrogen (secondary N) is 2. The Morgan fingerprint density at radius 2 is 2.00 bits per heavy atom. The molecule has 2 aromatic rings. The van der Waals surface area contributed by atoms with Gasteiger partial charge in [-0.2, -0.15) is 5.10 Å². The molecule has 1 aromatic carbocycles. The van der Waals surface area contributed by atoms with E-state index >= 15 is 0 Å². The van der Waals surface area contributed by atoms with Crippen molar-refractivity contribution < 1.29 is 9.59 Å². The minimum absolute atomic E-state index is 0.0384. The highest BCUT2D eigenvalue weighted by Gasteiger charge is 2.23. The highest BCUT2D eigenvalue weighted by molar-refractivity contribution is 5.92. The fraction of sp³-hybridized carbons (Fsp3) is 0.450. The SMILES string of the molecule is Cc1cccc(NC(=O)N2CCC(CCNC(=O)c3ccnn3C)CC2)c1. The molecule has 1 fully saturated rings. The first-order valence-electron chi connectivity index (χ1n) is 9.42. The van der Waals surface area contributed by atoms with Crippen LogP contribution in [0.3, 0.4) is 0 Å². The van der Waals surface area contributed by atoms with Crippen LogP contribution in [-0.4, -0.2) is 46.3 Å². The monoisotopic (exact) mass is 369 g/mol. The molecule has 3 amide bonds. The van der Waals surface area contributed by atoms with Gasteiger partial charge in [0.15, 0.2) is 0 Å². The van der Waals surface area contributed by atoms with Gasteiger partial charge in [-0.05, 0) is 55.9 Å². The molecule has 3 rings (SSSR count). The van der Waals surface area contributed by atoms with Crippen LogP contribution in [0.5, 0.6) is 0 Å². The molecule has 0 atom stereocenters. The Balaban J connectivity index is 1.38. The summed E-state index contributed by atoms with van der Waals surface area (Å²) in [7, 11) is 1.76. The average Bonchev–Trinajstić information content (AvgIpc) is 3.08. The van der Waals surface area contributed by atoms with Crippen LogP contribution >= 0.6 is 0 Å². The fourth-order valence-electron chi connectivity index (χ4n) is 3.43. The first-order chi connectivity index (χ1) is 13.0. The van der Waals surface area contributed by atoms with Crippen molar-refractivity contribution in [2.45, 2.75) is 26.2 Å². The average molecular weight is 369 g/mol. The Kier molecular flexibility index (Phi) is 6.11. The molecule has 27 heavy (non-hydrogen) atoms. The normalized spacial score (nSPS) is 14.8. The van der Waals surface area contributed by atoms with E-state index in [1.807, 2.05) is 36.1 Å². The number of rotatable bonds is 5. The maximum Gasteiger partial charge on any atom is 0.321 e. The van der Waals surface area contributed by atoms with Crippen LogP contribution < -0.4 is 10.6 Å². The van der Waals surface area contributed by atoms with E-state index < -0.39 is 0 Å². The Morgan fingerprint density at radius 3 is 2.67 bits per heavy atom. The number of hydrogen-bond donors (Lipinski definition) is 2. The van der Waals surface area contributed by atoms with E-state index in [-0.39, 0.29) is 11.9 Å². The number of carbonyl (C=O) groups excluding carboxylic acids is 2. The lowest BCUT2D eigenvalue weighted by Gasteiger charge is -2.32. The van der Waals surface area contributed by atoms with E-state index in [1.165, 1.54) is 0 Å². The van der Waals surface area contributed by atoms with Crippen molar-refractivity contribution in [3.63, 3.8) is 0 Å². The van der Waals surface area contributed by atoms with Gasteiger partial charge < -0.3 is 15.5 Å². The third kappa shape index (κ3) is 5.09. The quantitative estimate of drug-likeness (QED) is 0.851. The van der Waals surface area contributed by atoms with Gasteiger partial charge in [0.1, 0.15) is 5.69 Å². The van der Waals surface area contributed by atoms with Crippen LogP contribution in [-0.2, 0) is 7.05 Å². The summed E-state index contributed by atoms with van der Waals surface area (Å²) in [6.45, 7) is 4.15. The van der Waals surface area contributed by atoms with Crippen molar-refractivity contribution in [3.8, 4) is 0 Å². The first-order valence-corrected chi connectivity index (χ1v) is 9.42. The van der Waals surface area contributed by atoms with Gasteiger partial charge in [0, 0.05) is 38.6 Å². The van der Waals surface area contributed by atoms with E-state index in [4.69, 9.17) is 0 Å². The van der Waals surface area contributed by atoms with Gasteiger partial charge in [-0.25, -0.2) is 4.79 Å². The van der Waals surface area contributed by atoms with E-state index in [0.29, 0.717) is 18.2 Å². The number of aromatic nitrogens is 2. The minimum atomic E-state index is -0.0926. The molecule has 0 spiro atoms. The maximum absolute atomic E-state index is 12.4. The van der Waals surface area contributed by atoms with Crippen molar-refractivity contribution in [2.75, 3.05) is 25.0 Å². The number of hydrogen-bond acceptors (Lipinski definition) is 3. The lowest BCUT2D eigenvalue weighted by atomic mass is 9.93. The molecule has 0 bridgehead atoms. The molecule has 1 aliphatic heterocycles. The zero-order valence-corrected chi connectivity index (χ0v) is 15.9. The predicted molar refractivity (Wildman–Crippen MR) is 105 cm³/mol. The lowest BCUT2D eigenvalue weighted by Crippen LogP contribution is -2.41. The van der Waals surface area contributed by atoms with Crippen LogP contribution in [0.15, 0.2) is 36.5 Å². The number of carbonyl (C=O) groups is 2. The van der Waals surface area contributed by atoms with Crippen molar-refractivity contribution in [1.82, 2.24) is 20.0 Å². The highest BCUT2D eigenvalue weighted by atomic mass is 16.2. The molecular weight excluding hydrogens is 342 g/mol. The van der Waals surface area contributed by atoms with Crippen LogP contribution in [0.1, 0.15) is 35.3 Å². The van der Waals surface area contributed by atoms with E-state index in [0.717, 1.165) is 43.6 Å². The summed E-state index contributed by atoms with van der Waals surface area (Å²) >= 11 is 0. The summed E-state index contributed by atoms with van der Waals surface area (Å²) in [6.07, 6.45) is 4.47. The Bertz CT molecular complexity index is 793. The standard InChI is InChI=1S/C20H27N5O2/c1-15-4-3-5-17(14-15)23-20(27)25-12-8-16(9-13-25)6-10-21-19(26)18-7-11-22-24(18)2/h3-5,7,11,14,16H,6,8-10,12-13H2,1-2H3,(H,21,26)(H,23,27). The fourth-order valence-corrected chi connectivity index (χ4v) is 3.43. The number of likely N-dealkylation sites (tertiary alicyclic amines) is 1. The van der Waals surface area contributed by atoms with Crippen LogP contribution in [0.4, 0.5) is 10.5 Å². The van der Waals surface area contributed by atoms with Crippen molar-refractivity contribution in [3.05, 3.63) is 47.8 Å². The molecule has 0 aliphatic carbocycles. The van der Waals surface area contributed by atoms with Crippen LogP contribution in [0, 0.1) is 12.8 Å². The van der Waals surface area contributed by atoms with Crippen LogP contribution in [0.2, 0.25) is 0 Å².